The first-order valence-corrected chi connectivity index (χ1v) is 9.36. The number of carbonyl (C=O) groups is 2. The lowest BCUT2D eigenvalue weighted by atomic mass is 10.2. The highest BCUT2D eigenvalue weighted by Gasteiger charge is 2.17. The van der Waals surface area contributed by atoms with Crippen molar-refractivity contribution in [2.75, 3.05) is 43.1 Å². The first kappa shape index (κ1) is 18.3. The van der Waals surface area contributed by atoms with E-state index < -0.39 is 0 Å². The minimum atomic E-state index is -0.139. The number of thioether (sulfide) groups is 1. The molecule has 2 aromatic rings. The van der Waals surface area contributed by atoms with Crippen molar-refractivity contribution < 1.29 is 14.3 Å². The first-order valence-electron chi connectivity index (χ1n) is 8.20. The van der Waals surface area contributed by atoms with Crippen LogP contribution in [-0.2, 0) is 14.3 Å². The molecule has 1 N–H and O–H groups in total. The van der Waals surface area contributed by atoms with Crippen molar-refractivity contribution in [1.82, 2.24) is 25.1 Å². The first-order chi connectivity index (χ1) is 12.6. The molecule has 0 bridgehead atoms. The molecule has 0 spiro atoms. The molecule has 2 heterocycles. The zero-order valence-corrected chi connectivity index (χ0v) is 15.2. The maximum atomic E-state index is 12.1. The van der Waals surface area contributed by atoms with Gasteiger partial charge in [-0.3, -0.25) is 9.59 Å². The number of anilines is 1. The van der Waals surface area contributed by atoms with Gasteiger partial charge in [-0.25, -0.2) is 4.68 Å². The Hall–Kier alpha value is -2.46. The van der Waals surface area contributed by atoms with E-state index in [4.69, 9.17) is 4.74 Å². The van der Waals surface area contributed by atoms with E-state index in [1.54, 1.807) is 15.6 Å². The van der Waals surface area contributed by atoms with Crippen molar-refractivity contribution in [3.05, 3.63) is 30.1 Å². The van der Waals surface area contributed by atoms with Crippen molar-refractivity contribution in [2.45, 2.75) is 6.92 Å². The molecule has 0 saturated carbocycles. The van der Waals surface area contributed by atoms with Crippen molar-refractivity contribution in [3.8, 4) is 5.69 Å². The van der Waals surface area contributed by atoms with Crippen LogP contribution in [0.5, 0.6) is 0 Å². The van der Waals surface area contributed by atoms with Crippen LogP contribution in [0.25, 0.3) is 5.69 Å². The Kier molecular flexibility index (Phi) is 6.18. The van der Waals surface area contributed by atoms with Gasteiger partial charge >= 0.3 is 0 Å². The molecule has 0 unspecified atom stereocenters. The molecule has 0 aliphatic carbocycles. The second-order valence-electron chi connectivity index (χ2n) is 5.79. The van der Waals surface area contributed by atoms with Gasteiger partial charge in [0, 0.05) is 18.8 Å². The largest absolute Gasteiger partial charge is 0.378 e. The Bertz CT molecular complexity index is 761. The molecule has 1 aliphatic heterocycles. The number of ether oxygens (including phenoxy) is 1. The molecule has 10 heteroatoms. The third kappa shape index (κ3) is 4.79. The highest BCUT2D eigenvalue weighted by atomic mass is 32.2. The van der Waals surface area contributed by atoms with Crippen LogP contribution in [-0.4, -0.2) is 74.7 Å². The molecule has 3 rings (SSSR count). The monoisotopic (exact) mass is 376 g/mol. The van der Waals surface area contributed by atoms with E-state index in [9.17, 15) is 9.59 Å². The fraction of sp³-hybridized carbons (Fsp3) is 0.438. The molecule has 138 valence electrons. The maximum Gasteiger partial charge on any atom is 0.234 e. The summed E-state index contributed by atoms with van der Waals surface area (Å²) in [6.45, 7) is 4.33. The average molecular weight is 376 g/mol. The lowest BCUT2D eigenvalue weighted by molar-refractivity contribution is -0.132. The summed E-state index contributed by atoms with van der Waals surface area (Å²) in [7, 11) is 0. The molecule has 2 amide bonds. The SMILES string of the molecule is Cc1cc(NC(=O)CSCC(=O)N2CCOCC2)ccc1-n1cnnn1. The second kappa shape index (κ2) is 8.77. The van der Waals surface area contributed by atoms with E-state index >= 15 is 0 Å². The van der Waals surface area contributed by atoms with Gasteiger partial charge in [-0.15, -0.1) is 16.9 Å². The molecule has 1 aromatic carbocycles. The highest BCUT2D eigenvalue weighted by molar-refractivity contribution is 8.00. The van der Waals surface area contributed by atoms with Gasteiger partial charge in [0.25, 0.3) is 0 Å². The summed E-state index contributed by atoms with van der Waals surface area (Å²) in [6, 6.07) is 5.50. The van der Waals surface area contributed by atoms with Crippen LogP contribution in [0.15, 0.2) is 24.5 Å². The highest BCUT2D eigenvalue weighted by Crippen LogP contribution is 2.18. The van der Waals surface area contributed by atoms with E-state index in [0.717, 1.165) is 11.3 Å². The standard InChI is InChI=1S/C16H20N6O3S/c1-12-8-13(2-3-14(12)22-11-17-19-20-22)18-15(23)9-26-10-16(24)21-4-6-25-7-5-21/h2-3,8,11H,4-7,9-10H2,1H3,(H,18,23). The van der Waals surface area contributed by atoms with Crippen LogP contribution in [0.3, 0.4) is 0 Å². The minimum absolute atomic E-state index is 0.0488. The van der Waals surface area contributed by atoms with Gasteiger partial charge < -0.3 is 15.0 Å². The van der Waals surface area contributed by atoms with Crippen LogP contribution < -0.4 is 5.32 Å². The van der Waals surface area contributed by atoms with E-state index in [-0.39, 0.29) is 17.6 Å². The van der Waals surface area contributed by atoms with Gasteiger partial charge in [0.1, 0.15) is 6.33 Å². The van der Waals surface area contributed by atoms with Gasteiger partial charge in [-0.2, -0.15) is 0 Å². The third-order valence-corrected chi connectivity index (χ3v) is 4.82. The quantitative estimate of drug-likeness (QED) is 0.783. The van der Waals surface area contributed by atoms with Crippen LogP contribution in [0.1, 0.15) is 5.56 Å². The number of morpholine rings is 1. The number of hydrogen-bond donors (Lipinski definition) is 1. The Labute approximate surface area is 155 Å². The van der Waals surface area contributed by atoms with Crippen molar-refractivity contribution >= 4 is 29.3 Å². The summed E-state index contributed by atoms with van der Waals surface area (Å²) >= 11 is 1.31. The van der Waals surface area contributed by atoms with Gasteiger partial charge in [-0.1, -0.05) is 0 Å². The molecule has 0 atom stereocenters. The second-order valence-corrected chi connectivity index (χ2v) is 6.78. The summed E-state index contributed by atoms with van der Waals surface area (Å²) in [6.07, 6.45) is 1.52. The molecular formula is C16H20N6O3S. The number of carbonyl (C=O) groups excluding carboxylic acids is 2. The number of amides is 2. The molecule has 1 saturated heterocycles. The maximum absolute atomic E-state index is 12.1. The molecule has 1 aromatic heterocycles. The zero-order chi connectivity index (χ0) is 18.4. The number of tetrazole rings is 1. The topological polar surface area (TPSA) is 102 Å². The lowest BCUT2D eigenvalue weighted by Gasteiger charge is -2.26. The van der Waals surface area contributed by atoms with E-state index in [0.29, 0.717) is 37.7 Å². The smallest absolute Gasteiger partial charge is 0.234 e. The molecular weight excluding hydrogens is 356 g/mol. The fourth-order valence-electron chi connectivity index (χ4n) is 2.59. The summed E-state index contributed by atoms with van der Waals surface area (Å²) in [5.41, 5.74) is 2.48. The summed E-state index contributed by atoms with van der Waals surface area (Å²) in [4.78, 5) is 25.9. The molecule has 0 radical (unpaired) electrons. The van der Waals surface area contributed by atoms with Crippen LogP contribution in [0.4, 0.5) is 5.69 Å². The number of nitrogens with zero attached hydrogens (tertiary/aromatic N) is 5. The molecule has 1 fully saturated rings. The van der Waals surface area contributed by atoms with Gasteiger partial charge in [0.05, 0.1) is 30.4 Å². The number of benzene rings is 1. The number of aromatic nitrogens is 4. The Balaban J connectivity index is 1.46. The zero-order valence-electron chi connectivity index (χ0n) is 14.4. The lowest BCUT2D eigenvalue weighted by Crippen LogP contribution is -2.41. The van der Waals surface area contributed by atoms with Crippen molar-refractivity contribution in [2.24, 2.45) is 0 Å². The van der Waals surface area contributed by atoms with E-state index in [1.807, 2.05) is 19.1 Å². The summed E-state index contributed by atoms with van der Waals surface area (Å²) < 4.78 is 6.79. The van der Waals surface area contributed by atoms with Crippen molar-refractivity contribution in [1.29, 1.82) is 0 Å². The van der Waals surface area contributed by atoms with Crippen LogP contribution in [0, 0.1) is 6.92 Å². The van der Waals surface area contributed by atoms with Crippen LogP contribution >= 0.6 is 11.8 Å². The fourth-order valence-corrected chi connectivity index (χ4v) is 3.31. The molecule has 9 nitrogen and oxygen atoms in total. The Morgan fingerprint density at radius 2 is 2.08 bits per heavy atom. The van der Waals surface area contributed by atoms with Crippen molar-refractivity contribution in [3.63, 3.8) is 0 Å². The van der Waals surface area contributed by atoms with Gasteiger partial charge in [-0.05, 0) is 41.1 Å². The minimum Gasteiger partial charge on any atom is -0.378 e. The Morgan fingerprint density at radius 3 is 2.77 bits per heavy atom. The predicted molar refractivity (Wildman–Crippen MR) is 97.2 cm³/mol. The van der Waals surface area contributed by atoms with Gasteiger partial charge in [0.15, 0.2) is 0 Å². The summed E-state index contributed by atoms with van der Waals surface area (Å²) in [5.74, 6) is 0.432. The number of hydrogen-bond acceptors (Lipinski definition) is 7. The number of aryl methyl sites for hydroxylation is 1. The molecule has 26 heavy (non-hydrogen) atoms. The normalized spacial score (nSPS) is 14.3. The summed E-state index contributed by atoms with van der Waals surface area (Å²) in [5, 5.41) is 13.9. The number of nitrogens with one attached hydrogen (secondary N) is 1. The Morgan fingerprint density at radius 1 is 1.27 bits per heavy atom. The molecule has 1 aliphatic rings. The third-order valence-electron chi connectivity index (χ3n) is 3.90. The van der Waals surface area contributed by atoms with Crippen LogP contribution in [0.2, 0.25) is 0 Å². The average Bonchev–Trinajstić information content (AvgIpc) is 3.17. The van der Waals surface area contributed by atoms with E-state index in [2.05, 4.69) is 20.8 Å². The van der Waals surface area contributed by atoms with E-state index in [1.165, 1.54) is 18.1 Å². The predicted octanol–water partition coefficient (Wildman–Crippen LogP) is 0.501. The van der Waals surface area contributed by atoms with Gasteiger partial charge in [0.2, 0.25) is 11.8 Å². The number of rotatable bonds is 6.